The van der Waals surface area contributed by atoms with Gasteiger partial charge in [-0.15, -0.1) is 0 Å². The highest BCUT2D eigenvalue weighted by Crippen LogP contribution is 2.38. The molecule has 2 fully saturated rings. The van der Waals surface area contributed by atoms with Gasteiger partial charge in [0.05, 0.1) is 28.8 Å². The van der Waals surface area contributed by atoms with Crippen molar-refractivity contribution in [2.45, 2.75) is 64.7 Å². The highest BCUT2D eigenvalue weighted by molar-refractivity contribution is 6.34. The van der Waals surface area contributed by atoms with Crippen LogP contribution in [0, 0.1) is 39.5 Å². The van der Waals surface area contributed by atoms with Gasteiger partial charge in [0.15, 0.2) is 23.1 Å². The summed E-state index contributed by atoms with van der Waals surface area (Å²) in [6.45, 7) is 6.04. The molecule has 746 valence electrons. The number of hydrogen-bond donors (Lipinski definition) is 7. The normalized spacial score (nSPS) is 12.5. The van der Waals surface area contributed by atoms with Crippen LogP contribution in [0.2, 0.25) is 40.2 Å². The van der Waals surface area contributed by atoms with Crippen LogP contribution in [0.3, 0.4) is 0 Å². The lowest BCUT2D eigenvalue weighted by atomic mass is 9.95. The lowest BCUT2D eigenvalue weighted by molar-refractivity contribution is 0.0977. The maximum atomic E-state index is 15.2. The molecule has 7 N–H and O–H groups in total. The number of rotatable bonds is 28. The number of carbonyl (C=O) groups is 8. The molecule has 3 heterocycles. The van der Waals surface area contributed by atoms with Gasteiger partial charge >= 0.3 is 0 Å². The van der Waals surface area contributed by atoms with Crippen molar-refractivity contribution in [2.75, 3.05) is 144 Å². The number of amides is 4. The van der Waals surface area contributed by atoms with Crippen LogP contribution in [0.15, 0.2) is 223 Å². The van der Waals surface area contributed by atoms with E-state index in [9.17, 15) is 42.7 Å². The third-order valence-electron chi connectivity index (χ3n) is 23.9. The molecule has 0 atom stereocenters. The summed E-state index contributed by atoms with van der Waals surface area (Å²) < 4.78 is 60.0. The quantitative estimate of drug-likeness (QED) is 0.0104. The van der Waals surface area contributed by atoms with Gasteiger partial charge in [0.1, 0.15) is 40.8 Å². The molecule has 144 heavy (non-hydrogen) atoms. The van der Waals surface area contributed by atoms with Gasteiger partial charge in [-0.1, -0.05) is 117 Å². The van der Waals surface area contributed by atoms with Gasteiger partial charge in [0, 0.05) is 252 Å². The number of anilines is 8. The molecule has 0 unspecified atom stereocenters. The Kier molecular flexibility index (Phi) is 37.7. The second kappa shape index (κ2) is 49.7. The standard InChI is InChI=1S/C29H29Cl2FN4O2.C28H27Cl2FN4O2.C27H25Cl2FN4O2.C25H22Cl2FN3O2/c1-35(2)26-16-20(31)15-24(29(38)34-21-9-7-19(30)8-10-21)23(26)17-27(37)22-11-6-18(14-25(22)32)28(33)36-12-4-3-5-13-36;1-34(2)25-15-19(30)14-23(28(37)33-20-8-6-18(29)7-9-20)22(25)16-26(36)21-10-5-17(13-24(21)31)27(32)35-11-3-4-12-35;1-33(2)24-14-18(29)13-22(27(36)32-19-7-5-17(28)6-8-19)21(24)15-25(35)20-9-4-16(12-23(20)30)26-31-10-11-34(26)3;1-14(29)15-4-9-19(22(28)10-15)24(32)13-20-21(11-17(27)12-23(20)31(2)3)25(33)30-18-7-5-16(26)6-8-18/h6-11,14-16,33H,3-5,12-13,17H2,1-2H3,(H,34,38);5-10,13-15,32H,3-4,11-12,16H2,1-2H3,(H,33,37);4-9,12-14H,10-11,15H2,1-3H3,(H,32,36);4-12,29H,13H2,1-3H3,(H,30,33). The van der Waals surface area contributed by atoms with E-state index in [-0.39, 0.29) is 87.6 Å². The molecule has 0 aromatic heterocycles. The first-order valence-corrected chi connectivity index (χ1v) is 48.6. The van der Waals surface area contributed by atoms with E-state index < -0.39 is 70.0 Å². The molecule has 0 radical (unpaired) electrons. The molecule has 23 nitrogen and oxygen atoms in total. The van der Waals surface area contributed by atoms with Crippen molar-refractivity contribution >= 4 is 208 Å². The molecular weight excluding hydrogens is 2010 g/mol. The van der Waals surface area contributed by atoms with Crippen molar-refractivity contribution in [1.29, 1.82) is 16.2 Å². The largest absolute Gasteiger partial charge is 0.377 e. The molecule has 0 aliphatic carbocycles. The summed E-state index contributed by atoms with van der Waals surface area (Å²) in [5, 5.41) is 39.1. The molecule has 12 aromatic carbocycles. The van der Waals surface area contributed by atoms with Gasteiger partial charge in [-0.05, 0) is 261 Å². The van der Waals surface area contributed by atoms with Gasteiger partial charge in [-0.25, -0.2) is 17.6 Å². The molecule has 12 aromatic rings. The average Bonchev–Trinajstić information content (AvgIpc) is 0.950. The molecule has 0 bridgehead atoms. The fourth-order valence-electron chi connectivity index (χ4n) is 16.5. The highest BCUT2D eigenvalue weighted by atomic mass is 35.5. The Morgan fingerprint density at radius 1 is 0.312 bits per heavy atom. The van der Waals surface area contributed by atoms with Crippen molar-refractivity contribution in [3.63, 3.8) is 0 Å². The number of Topliss-reactive ketones (excluding diaryl/α,β-unsaturated/α-hetero) is 4. The van der Waals surface area contributed by atoms with Gasteiger partial charge in [0.2, 0.25) is 0 Å². The lowest BCUT2D eigenvalue weighted by Gasteiger charge is -2.29. The third-order valence-corrected chi connectivity index (χ3v) is 25.8. The van der Waals surface area contributed by atoms with Gasteiger partial charge in [-0.2, -0.15) is 0 Å². The molecule has 35 heteroatoms. The number of likely N-dealkylation sites (tertiary alicyclic amines) is 2. The minimum absolute atomic E-state index is 0.0521. The van der Waals surface area contributed by atoms with Gasteiger partial charge in [-0.3, -0.25) is 54.2 Å². The van der Waals surface area contributed by atoms with Crippen LogP contribution in [0.5, 0.6) is 0 Å². The SMILES string of the molecule is CC(=N)c1ccc(C(=O)Cc2c(C(=O)Nc3ccc(Cl)cc3)cc(Cl)cc2N(C)C)c(F)c1.CN(C)c1cc(Cl)cc(C(=O)Nc2ccc(Cl)cc2)c1CC(=O)c1ccc(C(=N)N2CCCC2)cc1F.CN(C)c1cc(Cl)cc(C(=O)Nc2ccc(Cl)cc2)c1CC(=O)c1ccc(C(=N)N2CCCCC2)cc1F.CN1CCN=C1c1ccc(C(=O)Cc2c(C(=O)Nc3ccc(Cl)cc3)cc(Cl)cc2N(C)C)c(F)c1. The Morgan fingerprint density at radius 3 is 0.806 bits per heavy atom. The molecule has 0 saturated carbocycles. The molecule has 3 aliphatic rings. The first kappa shape index (κ1) is 109. The Hall–Kier alpha value is -13.5. The summed E-state index contributed by atoms with van der Waals surface area (Å²) in [7, 11) is 16.1. The van der Waals surface area contributed by atoms with Crippen LogP contribution in [-0.4, -0.2) is 187 Å². The number of nitrogens with one attached hydrogen (secondary N) is 7. The number of amidine groups is 3. The number of nitrogens with zero attached hydrogens (tertiary/aromatic N) is 8. The first-order chi connectivity index (χ1) is 68.5. The second-order valence-corrected chi connectivity index (χ2v) is 38.6. The summed E-state index contributed by atoms with van der Waals surface area (Å²) in [5.74, 6) is -5.24. The van der Waals surface area contributed by atoms with Crippen LogP contribution in [-0.2, 0) is 25.7 Å². The fourth-order valence-corrected chi connectivity index (χ4v) is 17.8. The number of piperidine rings is 1. The summed E-state index contributed by atoms with van der Waals surface area (Å²) in [5.41, 5.74) is 8.77. The van der Waals surface area contributed by atoms with Crippen LogP contribution in [0.1, 0.15) is 166 Å². The number of hydrogen-bond acceptors (Lipinski definition) is 17. The van der Waals surface area contributed by atoms with Crippen LogP contribution in [0.25, 0.3) is 0 Å². The predicted octanol–water partition coefficient (Wildman–Crippen LogP) is 24.8. The van der Waals surface area contributed by atoms with Gasteiger partial charge in [0.25, 0.3) is 23.6 Å². The summed E-state index contributed by atoms with van der Waals surface area (Å²) in [4.78, 5) is 123. The Balaban J connectivity index is 0.000000171. The minimum Gasteiger partial charge on any atom is -0.377 e. The molecular formula is C109H103Cl8F4N15O8. The zero-order chi connectivity index (χ0) is 104. The van der Waals surface area contributed by atoms with E-state index in [0.29, 0.717) is 143 Å². The van der Waals surface area contributed by atoms with E-state index in [1.165, 1.54) is 78.9 Å². The van der Waals surface area contributed by atoms with Crippen molar-refractivity contribution in [3.05, 3.63) is 371 Å². The number of benzene rings is 12. The van der Waals surface area contributed by atoms with Gasteiger partial charge < -0.3 is 61.0 Å². The number of ketones is 4. The van der Waals surface area contributed by atoms with E-state index in [4.69, 9.17) is 109 Å². The summed E-state index contributed by atoms with van der Waals surface area (Å²) in [6.07, 6.45) is 4.32. The Bertz CT molecular complexity index is 6960. The second-order valence-electron chi connectivity index (χ2n) is 35.1. The molecule has 0 spiro atoms. The number of halogens is 12. The van der Waals surface area contributed by atoms with E-state index in [2.05, 4.69) is 26.3 Å². The Morgan fingerprint density at radius 2 is 0.562 bits per heavy atom. The zero-order valence-corrected chi connectivity index (χ0v) is 86.3. The number of carbonyl (C=O) groups excluding carboxylic acids is 8. The Labute approximate surface area is 872 Å². The topological polar surface area (TPSA) is 291 Å². The lowest BCUT2D eigenvalue weighted by Crippen LogP contribution is -2.35. The first-order valence-electron chi connectivity index (χ1n) is 45.5. The molecule has 4 amide bonds. The zero-order valence-electron chi connectivity index (χ0n) is 80.3. The van der Waals surface area contributed by atoms with Crippen LogP contribution >= 0.6 is 92.8 Å². The number of aliphatic imine (C=N–C) groups is 1. The van der Waals surface area contributed by atoms with E-state index in [0.717, 1.165) is 64.8 Å². The fraction of sp³-hybridized carbons (Fsp3) is 0.229. The average molecular weight is 2110 g/mol. The molecule has 15 rings (SSSR count). The maximum absolute atomic E-state index is 15.2. The maximum Gasteiger partial charge on any atom is 0.256 e. The van der Waals surface area contributed by atoms with E-state index in [1.54, 1.807) is 222 Å². The minimum atomic E-state index is -0.711. The molecule has 2 saturated heterocycles. The van der Waals surface area contributed by atoms with Crippen molar-refractivity contribution < 1.29 is 55.9 Å². The van der Waals surface area contributed by atoms with Crippen molar-refractivity contribution in [1.82, 2.24) is 14.7 Å². The van der Waals surface area contributed by atoms with Crippen LogP contribution < -0.4 is 40.9 Å². The van der Waals surface area contributed by atoms with E-state index in [1.807, 2.05) is 21.7 Å². The molecule has 3 aliphatic heterocycles. The summed E-state index contributed by atoms with van der Waals surface area (Å²) in [6, 6.07) is 56.3. The third kappa shape index (κ3) is 28.3. The monoisotopic (exact) mass is 2110 g/mol. The summed E-state index contributed by atoms with van der Waals surface area (Å²) >= 11 is 49.0. The number of likely N-dealkylation sites (N-methyl/N-ethyl adjacent to an activating group) is 1. The van der Waals surface area contributed by atoms with Crippen molar-refractivity contribution in [2.24, 2.45) is 4.99 Å². The highest BCUT2D eigenvalue weighted by Gasteiger charge is 2.31. The smallest absolute Gasteiger partial charge is 0.256 e. The van der Waals surface area contributed by atoms with Crippen LogP contribution in [0.4, 0.5) is 63.1 Å². The van der Waals surface area contributed by atoms with Crippen molar-refractivity contribution in [3.8, 4) is 0 Å². The van der Waals surface area contributed by atoms with E-state index >= 15 is 13.2 Å². The predicted molar refractivity (Wildman–Crippen MR) is 575 cm³/mol.